The molecule has 198 valence electrons. The molecule has 0 saturated carbocycles. The topological polar surface area (TPSA) is 79.0 Å². The zero-order valence-corrected chi connectivity index (χ0v) is 22.6. The molecule has 2 heterocycles. The van der Waals surface area contributed by atoms with Crippen molar-refractivity contribution >= 4 is 23.7 Å². The Morgan fingerprint density at radius 3 is 2.57 bits per heavy atom. The highest BCUT2D eigenvalue weighted by atomic mass is 16.5. The monoisotopic (exact) mass is 507 g/mol. The Morgan fingerprint density at radius 2 is 1.89 bits per heavy atom. The Kier molecular flexibility index (Phi) is 7.99. The van der Waals surface area contributed by atoms with E-state index >= 15 is 0 Å². The molecule has 0 aromatic heterocycles. The van der Waals surface area contributed by atoms with Crippen LogP contribution in [0.5, 0.6) is 0 Å². The molecule has 2 unspecified atom stereocenters. The van der Waals surface area contributed by atoms with Crippen LogP contribution >= 0.6 is 0 Å². The number of carbonyl (C=O) groups is 3. The predicted molar refractivity (Wildman–Crippen MR) is 144 cm³/mol. The minimum absolute atomic E-state index is 0.0000210. The van der Waals surface area contributed by atoms with Crippen LogP contribution in [0.15, 0.2) is 42.5 Å². The Morgan fingerprint density at radius 1 is 1.14 bits per heavy atom. The van der Waals surface area contributed by atoms with Crippen molar-refractivity contribution in [3.63, 3.8) is 0 Å². The second-order valence-electron chi connectivity index (χ2n) is 10.5. The van der Waals surface area contributed by atoms with Crippen molar-refractivity contribution in [2.75, 3.05) is 39.2 Å². The number of nitrogens with zero attached hydrogens (tertiary/aromatic N) is 3. The first-order chi connectivity index (χ1) is 17.7. The molecule has 5 amide bonds. The molecule has 0 aliphatic carbocycles. The lowest BCUT2D eigenvalue weighted by Crippen LogP contribution is -2.65. The smallest absolute Gasteiger partial charge is 0.375 e. The van der Waals surface area contributed by atoms with Crippen LogP contribution in [0.4, 0.5) is 15.3 Å². The minimum Gasteiger partial charge on any atom is -0.375 e. The quantitative estimate of drug-likeness (QED) is 0.619. The third-order valence-electron chi connectivity index (χ3n) is 7.84. The number of imide groups is 1. The molecule has 4 rings (SSSR count). The number of aryl methyl sites for hydroxylation is 2. The highest BCUT2D eigenvalue weighted by Gasteiger charge is 2.57. The molecule has 0 radical (unpaired) electrons. The summed E-state index contributed by atoms with van der Waals surface area (Å²) in [5.41, 5.74) is 4.61. The number of quaternary nitrogens is 1. The van der Waals surface area contributed by atoms with Gasteiger partial charge in [0.2, 0.25) is 0 Å². The van der Waals surface area contributed by atoms with Gasteiger partial charge in [0.05, 0.1) is 0 Å². The number of methoxy groups -OCH3 is 1. The predicted octanol–water partition coefficient (Wildman–Crippen LogP) is 4.49. The van der Waals surface area contributed by atoms with Gasteiger partial charge >= 0.3 is 12.1 Å². The molecule has 2 aromatic rings. The molecule has 1 N–H and O–H groups in total. The number of rotatable bonds is 4. The SMILES string of the molecule is CO[C@@H]1CC(C)[N+](C(=O)NCc2ccc(C(=O)N3CCCCc4ccccc43)c(C)c2)(C(=O)N(C)C)C1. The van der Waals surface area contributed by atoms with E-state index in [-0.39, 0.29) is 41.1 Å². The molecule has 1 saturated heterocycles. The number of hydrogen-bond donors (Lipinski definition) is 1. The summed E-state index contributed by atoms with van der Waals surface area (Å²) in [4.78, 5) is 43.6. The summed E-state index contributed by atoms with van der Waals surface area (Å²) in [6, 6.07) is 13.0. The molecular formula is C29H39N4O4+. The number of fused-ring (bicyclic) bond motifs is 1. The number of benzene rings is 2. The van der Waals surface area contributed by atoms with Crippen molar-refractivity contribution in [1.29, 1.82) is 0 Å². The molecule has 37 heavy (non-hydrogen) atoms. The third kappa shape index (κ3) is 5.13. The highest BCUT2D eigenvalue weighted by Crippen LogP contribution is 2.31. The number of carbonyl (C=O) groups excluding carboxylic acids is 3. The Balaban J connectivity index is 1.50. The van der Waals surface area contributed by atoms with Crippen LogP contribution < -0.4 is 10.2 Å². The molecule has 2 aromatic carbocycles. The van der Waals surface area contributed by atoms with Gasteiger partial charge < -0.3 is 15.0 Å². The third-order valence-corrected chi connectivity index (χ3v) is 7.84. The van der Waals surface area contributed by atoms with Crippen LogP contribution in [0.3, 0.4) is 0 Å². The van der Waals surface area contributed by atoms with Crippen molar-refractivity contribution in [3.8, 4) is 0 Å². The lowest BCUT2D eigenvalue weighted by molar-refractivity contribution is -0.784. The summed E-state index contributed by atoms with van der Waals surface area (Å²) in [6.45, 7) is 5.13. The molecule has 8 heteroatoms. The molecule has 0 spiro atoms. The second kappa shape index (κ2) is 11.0. The zero-order valence-electron chi connectivity index (χ0n) is 22.6. The van der Waals surface area contributed by atoms with Gasteiger partial charge in [-0.3, -0.25) is 9.69 Å². The lowest BCUT2D eigenvalue weighted by atomic mass is 10.0. The molecular weight excluding hydrogens is 468 g/mol. The Hall–Kier alpha value is -3.23. The molecule has 3 atom stereocenters. The van der Waals surface area contributed by atoms with Gasteiger partial charge in [-0.2, -0.15) is 4.48 Å². The molecule has 8 nitrogen and oxygen atoms in total. The van der Waals surface area contributed by atoms with Crippen molar-refractivity contribution in [1.82, 2.24) is 10.2 Å². The second-order valence-corrected chi connectivity index (χ2v) is 10.5. The van der Waals surface area contributed by atoms with Gasteiger partial charge in [-0.25, -0.2) is 9.59 Å². The van der Waals surface area contributed by atoms with Crippen molar-refractivity contribution in [2.24, 2.45) is 0 Å². The maximum absolute atomic E-state index is 13.6. The summed E-state index contributed by atoms with van der Waals surface area (Å²) in [6.07, 6.45) is 3.51. The average Bonchev–Trinajstić information content (AvgIpc) is 3.09. The number of anilines is 1. The van der Waals surface area contributed by atoms with Gasteiger partial charge in [-0.1, -0.05) is 30.3 Å². The number of amides is 5. The number of urea groups is 2. The van der Waals surface area contributed by atoms with E-state index in [0.717, 1.165) is 36.1 Å². The van der Waals surface area contributed by atoms with Gasteiger partial charge in [-0.05, 0) is 61.9 Å². The van der Waals surface area contributed by atoms with Gasteiger partial charge in [0.15, 0.2) is 0 Å². The number of para-hydroxylation sites is 1. The summed E-state index contributed by atoms with van der Waals surface area (Å²) in [7, 11) is 4.96. The van der Waals surface area contributed by atoms with E-state index in [1.165, 1.54) is 10.5 Å². The zero-order chi connectivity index (χ0) is 26.7. The minimum atomic E-state index is -0.329. The Labute approximate surface area is 219 Å². The summed E-state index contributed by atoms with van der Waals surface area (Å²) >= 11 is 0. The van der Waals surface area contributed by atoms with Crippen LogP contribution in [-0.2, 0) is 17.7 Å². The standard InChI is InChI=1S/C29H38N4O4/c1-20-16-22(18-30-28(35)33(29(36)31(3)4)19-24(37-5)17-21(33)2)13-14-25(20)27(34)32-15-9-8-11-23-10-6-7-12-26(23)32/h6-7,10,12-14,16,21,24H,8-9,11,15,17-19H2,1-5H3/p+1/t21?,24-,33?/m1/s1. The maximum Gasteiger partial charge on any atom is 0.428 e. The van der Waals surface area contributed by atoms with Crippen LogP contribution in [0, 0.1) is 6.92 Å². The first kappa shape index (κ1) is 26.8. The van der Waals surface area contributed by atoms with Crippen LogP contribution in [0.2, 0.25) is 0 Å². The fraction of sp³-hybridized carbons (Fsp3) is 0.483. The van der Waals surface area contributed by atoms with E-state index < -0.39 is 0 Å². The van der Waals surface area contributed by atoms with E-state index in [9.17, 15) is 14.4 Å². The Bertz CT molecular complexity index is 1180. The normalized spacial score (nSPS) is 23.2. The number of ether oxygens (including phenoxy) is 1. The van der Waals surface area contributed by atoms with Gasteiger partial charge in [-0.15, -0.1) is 0 Å². The lowest BCUT2D eigenvalue weighted by Gasteiger charge is -2.34. The van der Waals surface area contributed by atoms with Crippen molar-refractivity contribution < 1.29 is 23.6 Å². The summed E-state index contributed by atoms with van der Waals surface area (Å²) in [5, 5.41) is 2.99. The van der Waals surface area contributed by atoms with Gasteiger partial charge in [0.25, 0.3) is 5.91 Å². The molecule has 1 fully saturated rings. The largest absolute Gasteiger partial charge is 0.428 e. The van der Waals surface area contributed by atoms with E-state index in [1.54, 1.807) is 21.2 Å². The van der Waals surface area contributed by atoms with E-state index in [0.29, 0.717) is 25.1 Å². The first-order valence-electron chi connectivity index (χ1n) is 13.1. The molecule has 2 aliphatic rings. The highest BCUT2D eigenvalue weighted by molar-refractivity contribution is 6.07. The van der Waals surface area contributed by atoms with Crippen LogP contribution in [0.25, 0.3) is 0 Å². The van der Waals surface area contributed by atoms with Crippen molar-refractivity contribution in [2.45, 2.75) is 58.2 Å². The number of likely N-dealkylation sites (tertiary alicyclic amines) is 1. The summed E-state index contributed by atoms with van der Waals surface area (Å²) < 4.78 is 5.20. The van der Waals surface area contributed by atoms with E-state index in [2.05, 4.69) is 11.4 Å². The van der Waals surface area contributed by atoms with E-state index in [1.807, 2.05) is 55.1 Å². The number of nitrogens with one attached hydrogen (secondary N) is 1. The molecule has 0 bridgehead atoms. The van der Waals surface area contributed by atoms with Crippen LogP contribution in [-0.4, -0.2) is 73.8 Å². The number of hydrogen-bond acceptors (Lipinski definition) is 4. The van der Waals surface area contributed by atoms with Gasteiger partial charge in [0.1, 0.15) is 18.7 Å². The van der Waals surface area contributed by atoms with E-state index in [4.69, 9.17) is 4.74 Å². The van der Waals surface area contributed by atoms with Gasteiger partial charge in [0, 0.05) is 52.0 Å². The fourth-order valence-electron chi connectivity index (χ4n) is 5.74. The fourth-order valence-corrected chi connectivity index (χ4v) is 5.74. The maximum atomic E-state index is 13.6. The average molecular weight is 508 g/mol. The van der Waals surface area contributed by atoms with Crippen LogP contribution in [0.1, 0.15) is 53.2 Å². The summed E-state index contributed by atoms with van der Waals surface area (Å²) in [5.74, 6) is 0.0000210. The molecule has 2 aliphatic heterocycles. The first-order valence-corrected chi connectivity index (χ1v) is 13.1. The van der Waals surface area contributed by atoms with Crippen molar-refractivity contribution in [3.05, 3.63) is 64.7 Å².